The minimum absolute atomic E-state index is 0.177. The van der Waals surface area contributed by atoms with Crippen LogP contribution in [0.3, 0.4) is 0 Å². The molecule has 2 aliphatic rings. The van der Waals surface area contributed by atoms with Gasteiger partial charge in [-0.15, -0.1) is 0 Å². The first kappa shape index (κ1) is 29.4. The van der Waals surface area contributed by atoms with Crippen molar-refractivity contribution >= 4 is 5.78 Å². The molecular formula is C36H47N3O2. The lowest BCUT2D eigenvalue weighted by Crippen LogP contribution is -2.30. The largest absolute Gasteiger partial charge is 0.496 e. The van der Waals surface area contributed by atoms with Gasteiger partial charge in [-0.3, -0.25) is 4.79 Å². The van der Waals surface area contributed by atoms with E-state index in [1.54, 1.807) is 13.3 Å². The molecule has 0 amide bonds. The van der Waals surface area contributed by atoms with Gasteiger partial charge < -0.3 is 9.64 Å². The lowest BCUT2D eigenvalue weighted by molar-refractivity contribution is 0.0962. The Labute approximate surface area is 246 Å². The molecule has 5 heteroatoms. The molecule has 1 fully saturated rings. The molecule has 5 rings (SSSR count). The third kappa shape index (κ3) is 7.62. The molecule has 0 saturated carbocycles. The maximum atomic E-state index is 13.3. The van der Waals surface area contributed by atoms with Crippen molar-refractivity contribution in [3.63, 3.8) is 0 Å². The Hall–Kier alpha value is -3.05. The van der Waals surface area contributed by atoms with E-state index in [1.807, 2.05) is 0 Å². The predicted octanol–water partition coefficient (Wildman–Crippen LogP) is 7.05. The zero-order valence-corrected chi connectivity index (χ0v) is 25.5. The lowest BCUT2D eigenvalue weighted by Gasteiger charge is -2.29. The highest BCUT2D eigenvalue weighted by molar-refractivity contribution is 5.97. The molecule has 0 bridgehead atoms. The average Bonchev–Trinajstić information content (AvgIpc) is 2.99. The molecule has 2 unspecified atom stereocenters. The van der Waals surface area contributed by atoms with Crippen LogP contribution in [0.1, 0.15) is 96.0 Å². The summed E-state index contributed by atoms with van der Waals surface area (Å²) in [6, 6.07) is 15.5. The number of hydrogen-bond donors (Lipinski definition) is 0. The quantitative estimate of drug-likeness (QED) is 0.314. The Bertz CT molecular complexity index is 1330. The maximum absolute atomic E-state index is 13.3. The number of fused-ring (bicyclic) bond motifs is 2. The van der Waals surface area contributed by atoms with Crippen LogP contribution in [0.4, 0.5) is 0 Å². The SMILES string of the molecule is COc1cc(CC2CCN(C)CC2)ccc1CCCc1ncc2c(n1)CCC(C)c1ccccc1CC(C)CC2=O. The first-order chi connectivity index (χ1) is 19.9. The standard InChI is InChI=1S/C36H47N3O2/c1-25-20-30-8-5-6-10-31(30)26(2)12-15-33-32(34(40)21-25)24-37-36(38-33)11-7-9-29-14-13-28(23-35(29)41-4)22-27-16-18-39(3)19-17-27/h5-6,8,10,13-14,23-27H,7,9,11-12,15-22H2,1-4H3. The Morgan fingerprint density at radius 2 is 1.80 bits per heavy atom. The van der Waals surface area contributed by atoms with Crippen molar-refractivity contribution in [3.8, 4) is 5.75 Å². The van der Waals surface area contributed by atoms with E-state index in [4.69, 9.17) is 9.72 Å². The minimum Gasteiger partial charge on any atom is -0.496 e. The van der Waals surface area contributed by atoms with Crippen LogP contribution in [0, 0.1) is 11.8 Å². The first-order valence-corrected chi connectivity index (χ1v) is 15.7. The molecule has 0 radical (unpaired) electrons. The van der Waals surface area contributed by atoms with E-state index >= 15 is 0 Å². The second kappa shape index (κ2) is 13.7. The topological polar surface area (TPSA) is 55.3 Å². The fraction of sp³-hybridized carbons (Fsp3) is 0.528. The zero-order chi connectivity index (χ0) is 28.8. The van der Waals surface area contributed by atoms with E-state index in [-0.39, 0.29) is 11.7 Å². The summed E-state index contributed by atoms with van der Waals surface area (Å²) in [5.41, 5.74) is 7.06. The molecule has 2 aromatic carbocycles. The van der Waals surface area contributed by atoms with Gasteiger partial charge in [-0.1, -0.05) is 50.2 Å². The van der Waals surface area contributed by atoms with Gasteiger partial charge in [-0.2, -0.15) is 0 Å². The summed E-state index contributed by atoms with van der Waals surface area (Å²) in [5.74, 6) is 3.48. The first-order valence-electron chi connectivity index (χ1n) is 15.7. The number of Topliss-reactive ketones (excluding diaryl/α,β-unsaturated/α-hetero) is 1. The van der Waals surface area contributed by atoms with E-state index in [0.29, 0.717) is 12.3 Å². The van der Waals surface area contributed by atoms with Crippen LogP contribution >= 0.6 is 0 Å². The number of carbonyl (C=O) groups is 1. The summed E-state index contributed by atoms with van der Waals surface area (Å²) in [7, 11) is 4.00. The van der Waals surface area contributed by atoms with E-state index in [2.05, 4.69) is 73.2 Å². The molecule has 1 aliphatic carbocycles. The van der Waals surface area contributed by atoms with E-state index in [9.17, 15) is 4.79 Å². The third-order valence-electron chi connectivity index (χ3n) is 9.28. The van der Waals surface area contributed by atoms with Crippen LogP contribution in [0.2, 0.25) is 0 Å². The fourth-order valence-corrected chi connectivity index (χ4v) is 6.74. The molecule has 1 saturated heterocycles. The summed E-state index contributed by atoms with van der Waals surface area (Å²) < 4.78 is 5.81. The minimum atomic E-state index is 0.177. The van der Waals surface area contributed by atoms with Gasteiger partial charge in [0.25, 0.3) is 0 Å². The van der Waals surface area contributed by atoms with E-state index in [0.717, 1.165) is 73.7 Å². The van der Waals surface area contributed by atoms with Gasteiger partial charge in [0, 0.05) is 19.0 Å². The van der Waals surface area contributed by atoms with Crippen LogP contribution in [0.15, 0.2) is 48.7 Å². The maximum Gasteiger partial charge on any atom is 0.166 e. The number of nitrogens with zero attached hydrogens (tertiary/aromatic N) is 3. The number of methoxy groups -OCH3 is 1. The van der Waals surface area contributed by atoms with Crippen molar-refractivity contribution in [2.75, 3.05) is 27.2 Å². The Morgan fingerprint density at radius 1 is 1.00 bits per heavy atom. The molecule has 218 valence electrons. The second-order valence-electron chi connectivity index (χ2n) is 12.7. The van der Waals surface area contributed by atoms with Crippen LogP contribution < -0.4 is 4.74 Å². The van der Waals surface area contributed by atoms with Crippen LogP contribution in [0.5, 0.6) is 5.75 Å². The van der Waals surface area contributed by atoms with Crippen LogP contribution in [-0.2, 0) is 32.1 Å². The highest BCUT2D eigenvalue weighted by atomic mass is 16.5. The molecule has 2 heterocycles. The number of hydrogen-bond acceptors (Lipinski definition) is 5. The number of carbonyl (C=O) groups excluding carboxylic acids is 1. The summed E-state index contributed by atoms with van der Waals surface area (Å²) in [5, 5.41) is 0. The van der Waals surface area contributed by atoms with Gasteiger partial charge in [0.05, 0.1) is 18.4 Å². The third-order valence-corrected chi connectivity index (χ3v) is 9.28. The van der Waals surface area contributed by atoms with Crippen molar-refractivity contribution in [2.24, 2.45) is 11.8 Å². The number of benzene rings is 2. The van der Waals surface area contributed by atoms with Gasteiger partial charge in [0.2, 0.25) is 0 Å². The molecular weight excluding hydrogens is 506 g/mol. The fourth-order valence-electron chi connectivity index (χ4n) is 6.74. The number of aromatic nitrogens is 2. The predicted molar refractivity (Wildman–Crippen MR) is 166 cm³/mol. The van der Waals surface area contributed by atoms with Gasteiger partial charge in [-0.05, 0) is 118 Å². The van der Waals surface area contributed by atoms with E-state index < -0.39 is 0 Å². The number of piperidine rings is 1. The second-order valence-corrected chi connectivity index (χ2v) is 12.7. The summed E-state index contributed by atoms with van der Waals surface area (Å²) in [4.78, 5) is 25.4. The molecule has 0 N–H and O–H groups in total. The lowest BCUT2D eigenvalue weighted by atomic mass is 9.87. The zero-order valence-electron chi connectivity index (χ0n) is 25.5. The monoisotopic (exact) mass is 553 g/mol. The Balaban J connectivity index is 1.24. The molecule has 5 nitrogen and oxygen atoms in total. The van der Waals surface area contributed by atoms with Crippen molar-refractivity contribution < 1.29 is 9.53 Å². The number of ketones is 1. The van der Waals surface area contributed by atoms with Gasteiger partial charge >= 0.3 is 0 Å². The number of ether oxygens (including phenoxy) is 1. The summed E-state index contributed by atoms with van der Waals surface area (Å²) in [6.07, 6.45) is 11.4. The van der Waals surface area contributed by atoms with Gasteiger partial charge in [0.1, 0.15) is 11.6 Å². The number of likely N-dealkylation sites (tertiary alicyclic amines) is 1. The van der Waals surface area contributed by atoms with Gasteiger partial charge in [0.15, 0.2) is 5.78 Å². The van der Waals surface area contributed by atoms with Gasteiger partial charge in [-0.25, -0.2) is 9.97 Å². The number of rotatable bonds is 7. The van der Waals surface area contributed by atoms with Crippen molar-refractivity contribution in [2.45, 2.75) is 84.0 Å². The van der Waals surface area contributed by atoms with E-state index in [1.165, 1.54) is 48.2 Å². The smallest absolute Gasteiger partial charge is 0.166 e. The average molecular weight is 554 g/mol. The highest BCUT2D eigenvalue weighted by Gasteiger charge is 2.22. The van der Waals surface area contributed by atoms with Crippen molar-refractivity contribution in [1.82, 2.24) is 14.9 Å². The Morgan fingerprint density at radius 3 is 2.61 bits per heavy atom. The van der Waals surface area contributed by atoms with Crippen molar-refractivity contribution in [3.05, 3.63) is 88.0 Å². The Kier molecular flexibility index (Phi) is 9.87. The molecule has 1 aromatic heterocycles. The molecule has 3 aromatic rings. The van der Waals surface area contributed by atoms with Crippen LogP contribution in [0.25, 0.3) is 0 Å². The highest BCUT2D eigenvalue weighted by Crippen LogP contribution is 2.30. The molecule has 0 spiro atoms. The summed E-state index contributed by atoms with van der Waals surface area (Å²) >= 11 is 0. The summed E-state index contributed by atoms with van der Waals surface area (Å²) in [6.45, 7) is 6.88. The molecule has 1 aliphatic heterocycles. The molecule has 2 atom stereocenters. The van der Waals surface area contributed by atoms with Crippen LogP contribution in [-0.4, -0.2) is 47.9 Å². The number of aryl methyl sites for hydroxylation is 3. The molecule has 41 heavy (non-hydrogen) atoms. The normalized spacial score (nSPS) is 20.6. The van der Waals surface area contributed by atoms with Crippen molar-refractivity contribution in [1.29, 1.82) is 0 Å².